The molecule has 0 amide bonds. The van der Waals surface area contributed by atoms with Gasteiger partial charge in [0.15, 0.2) is 0 Å². The van der Waals surface area contributed by atoms with Gasteiger partial charge in [0, 0.05) is 5.69 Å². The van der Waals surface area contributed by atoms with E-state index in [4.69, 9.17) is 0 Å². The Morgan fingerprint density at radius 1 is 0.939 bits per heavy atom. The fraction of sp³-hybridized carbons (Fsp3) is 0.0833. The maximum Gasteiger partial charge on any atom is 0.573 e. The van der Waals surface area contributed by atoms with E-state index in [1.807, 2.05) is 6.92 Å². The highest BCUT2D eigenvalue weighted by atomic mass is 32.2. The molecule has 4 aromatic carbocycles. The van der Waals surface area contributed by atoms with Gasteiger partial charge < -0.3 is 4.74 Å². The van der Waals surface area contributed by atoms with Crippen LogP contribution in [0, 0.1) is 18.8 Å². The minimum absolute atomic E-state index is 0.0464. The highest BCUT2D eigenvalue weighted by molar-refractivity contribution is 7.92. The van der Waals surface area contributed by atoms with Crippen molar-refractivity contribution in [2.45, 2.75) is 18.2 Å². The van der Waals surface area contributed by atoms with E-state index in [1.165, 1.54) is 24.3 Å². The molecule has 0 aromatic heterocycles. The molecule has 0 aliphatic heterocycles. The van der Waals surface area contributed by atoms with Gasteiger partial charge in [-0.1, -0.05) is 18.2 Å². The number of nitrogens with one attached hydrogen (secondary N) is 1. The molecule has 0 aliphatic rings. The van der Waals surface area contributed by atoms with Crippen molar-refractivity contribution in [1.82, 2.24) is 0 Å². The Kier molecular flexibility index (Phi) is 5.75. The maximum absolute atomic E-state index is 13.8. The summed E-state index contributed by atoms with van der Waals surface area (Å²) in [6, 6.07) is 19.7. The van der Waals surface area contributed by atoms with E-state index in [0.29, 0.717) is 10.9 Å². The summed E-state index contributed by atoms with van der Waals surface area (Å²) in [5, 5.41) is 1.48. The predicted octanol–water partition coefficient (Wildman–Crippen LogP) is 6.45. The molecule has 1 N–H and O–H groups in total. The summed E-state index contributed by atoms with van der Waals surface area (Å²) < 4.78 is 82.1. The molecule has 0 aliphatic carbocycles. The van der Waals surface area contributed by atoms with Gasteiger partial charge in [0.1, 0.15) is 11.6 Å². The Morgan fingerprint density at radius 2 is 1.61 bits per heavy atom. The first-order chi connectivity index (χ1) is 15.5. The molecule has 0 unspecified atom stereocenters. The molecule has 0 fully saturated rings. The number of hydrogen-bond donors (Lipinski definition) is 1. The van der Waals surface area contributed by atoms with Gasteiger partial charge in [0.05, 0.1) is 4.90 Å². The van der Waals surface area contributed by atoms with Crippen molar-refractivity contribution < 1.29 is 30.7 Å². The van der Waals surface area contributed by atoms with E-state index < -0.39 is 22.1 Å². The van der Waals surface area contributed by atoms with Crippen molar-refractivity contribution in [3.8, 4) is 16.9 Å². The van der Waals surface area contributed by atoms with Crippen molar-refractivity contribution >= 4 is 26.5 Å². The molecule has 4 nitrogen and oxygen atoms in total. The van der Waals surface area contributed by atoms with Crippen molar-refractivity contribution in [3.63, 3.8) is 0 Å². The van der Waals surface area contributed by atoms with Crippen LogP contribution in [0.3, 0.4) is 0 Å². The molecule has 0 heterocycles. The number of sulfonamides is 1. The number of rotatable bonds is 5. The fourth-order valence-corrected chi connectivity index (χ4v) is 4.50. The van der Waals surface area contributed by atoms with Gasteiger partial charge in [0.2, 0.25) is 0 Å². The normalized spacial score (nSPS) is 12.0. The monoisotopic (exact) mass is 474 g/mol. The lowest BCUT2D eigenvalue weighted by Crippen LogP contribution is -2.17. The van der Waals surface area contributed by atoms with E-state index in [2.05, 4.69) is 15.5 Å². The van der Waals surface area contributed by atoms with Gasteiger partial charge >= 0.3 is 6.36 Å². The summed E-state index contributed by atoms with van der Waals surface area (Å²) in [6.45, 7) is 1.83. The summed E-state index contributed by atoms with van der Waals surface area (Å²) in [4.78, 5) is -0.0464. The summed E-state index contributed by atoms with van der Waals surface area (Å²) in [5.41, 5.74) is 2.28. The standard InChI is InChI=1S/C24H16F4NO3S/c1-15-2-3-16-4-7-18(25)14-22(16)23(15)17-5-12-21(13-6-17)33(30,31)29-19-8-10-20(11-9-19)32-24(26,27)28/h3-14,29H,1H3. The Hall–Kier alpha value is -3.59. The van der Waals surface area contributed by atoms with Crippen LogP contribution >= 0.6 is 0 Å². The topological polar surface area (TPSA) is 55.4 Å². The van der Waals surface area contributed by atoms with Crippen LogP contribution in [0.2, 0.25) is 0 Å². The number of hydrogen-bond acceptors (Lipinski definition) is 3. The van der Waals surface area contributed by atoms with Crippen LogP contribution in [0.25, 0.3) is 21.9 Å². The molecule has 33 heavy (non-hydrogen) atoms. The largest absolute Gasteiger partial charge is 0.573 e. The molecule has 4 rings (SSSR count). The van der Waals surface area contributed by atoms with Crippen LogP contribution in [0.15, 0.2) is 77.7 Å². The van der Waals surface area contributed by atoms with Crippen molar-refractivity contribution in [2.24, 2.45) is 0 Å². The van der Waals surface area contributed by atoms with Gasteiger partial charge in [-0.05, 0) is 95.1 Å². The highest BCUT2D eigenvalue weighted by Gasteiger charge is 2.31. The molecule has 0 saturated heterocycles. The number of aryl methyl sites for hydroxylation is 1. The first-order valence-electron chi connectivity index (χ1n) is 9.61. The summed E-state index contributed by atoms with van der Waals surface area (Å²) in [5.74, 6) is -0.849. The Balaban J connectivity index is 1.60. The molecule has 0 atom stereocenters. The second-order valence-corrected chi connectivity index (χ2v) is 8.90. The highest BCUT2D eigenvalue weighted by Crippen LogP contribution is 2.33. The van der Waals surface area contributed by atoms with Gasteiger partial charge in [-0.15, -0.1) is 13.2 Å². The van der Waals surface area contributed by atoms with Crippen LogP contribution in [-0.2, 0) is 10.0 Å². The fourth-order valence-electron chi connectivity index (χ4n) is 3.44. The second-order valence-electron chi connectivity index (χ2n) is 7.22. The third-order valence-electron chi connectivity index (χ3n) is 4.90. The maximum atomic E-state index is 13.8. The van der Waals surface area contributed by atoms with Crippen LogP contribution in [-0.4, -0.2) is 14.8 Å². The SMILES string of the molecule is Cc1[c]cc2ccc(F)cc2c1-c1ccc(S(=O)(=O)Nc2ccc(OC(F)(F)F)cc2)cc1. The van der Waals surface area contributed by atoms with Gasteiger partial charge in [-0.2, -0.15) is 0 Å². The molecular weight excluding hydrogens is 458 g/mol. The molecule has 4 aromatic rings. The second kappa shape index (κ2) is 8.40. The minimum atomic E-state index is -4.84. The van der Waals surface area contributed by atoms with E-state index in [1.54, 1.807) is 24.3 Å². The zero-order valence-electron chi connectivity index (χ0n) is 17.1. The number of benzene rings is 4. The number of ether oxygens (including phenoxy) is 1. The average Bonchev–Trinajstić information content (AvgIpc) is 2.74. The molecule has 169 valence electrons. The van der Waals surface area contributed by atoms with Crippen LogP contribution < -0.4 is 9.46 Å². The number of fused-ring (bicyclic) bond motifs is 1. The summed E-state index contributed by atoms with van der Waals surface area (Å²) in [6.07, 6.45) is -4.84. The van der Waals surface area contributed by atoms with Crippen LogP contribution in [0.5, 0.6) is 5.75 Å². The van der Waals surface area contributed by atoms with Gasteiger partial charge in [-0.25, -0.2) is 12.8 Å². The number of halogens is 4. The average molecular weight is 474 g/mol. The minimum Gasteiger partial charge on any atom is -0.406 e. The lowest BCUT2D eigenvalue weighted by Gasteiger charge is -2.13. The number of anilines is 1. The predicted molar refractivity (Wildman–Crippen MR) is 117 cm³/mol. The first kappa shape index (κ1) is 22.6. The van der Waals surface area contributed by atoms with Crippen molar-refractivity contribution in [1.29, 1.82) is 0 Å². The smallest absolute Gasteiger partial charge is 0.406 e. The van der Waals surface area contributed by atoms with Gasteiger partial charge in [0.25, 0.3) is 10.0 Å². The molecule has 9 heteroatoms. The third kappa shape index (κ3) is 5.09. The van der Waals surface area contributed by atoms with E-state index in [9.17, 15) is 26.0 Å². The molecule has 0 saturated carbocycles. The summed E-state index contributed by atoms with van der Waals surface area (Å²) in [7, 11) is -4.00. The molecule has 0 bridgehead atoms. The molecule has 1 radical (unpaired) electrons. The third-order valence-corrected chi connectivity index (χ3v) is 6.29. The lowest BCUT2D eigenvalue weighted by atomic mass is 9.94. The zero-order valence-corrected chi connectivity index (χ0v) is 17.9. The van der Waals surface area contributed by atoms with E-state index >= 15 is 0 Å². The zero-order chi connectivity index (χ0) is 23.8. The van der Waals surface area contributed by atoms with E-state index in [-0.39, 0.29) is 16.4 Å². The number of alkyl halides is 3. The Labute approximate surface area is 187 Å². The van der Waals surface area contributed by atoms with Crippen molar-refractivity contribution in [3.05, 3.63) is 90.2 Å². The Bertz CT molecular complexity index is 1410. The van der Waals surface area contributed by atoms with E-state index in [0.717, 1.165) is 40.8 Å². The Morgan fingerprint density at radius 3 is 2.24 bits per heavy atom. The molecule has 0 spiro atoms. The van der Waals surface area contributed by atoms with Crippen LogP contribution in [0.4, 0.5) is 23.2 Å². The first-order valence-corrected chi connectivity index (χ1v) is 11.1. The molecular formula is C24H16F4NO3S. The lowest BCUT2D eigenvalue weighted by molar-refractivity contribution is -0.274. The van der Waals surface area contributed by atoms with Crippen molar-refractivity contribution in [2.75, 3.05) is 4.72 Å². The quantitative estimate of drug-likeness (QED) is 0.338. The van der Waals surface area contributed by atoms with Crippen LogP contribution in [0.1, 0.15) is 5.56 Å². The summed E-state index contributed by atoms with van der Waals surface area (Å²) >= 11 is 0. The van der Waals surface area contributed by atoms with Gasteiger partial charge in [-0.3, -0.25) is 4.72 Å².